The molecule has 0 saturated heterocycles. The van der Waals surface area contributed by atoms with E-state index in [1.54, 1.807) is 12.1 Å². The van der Waals surface area contributed by atoms with Crippen LogP contribution in [0.1, 0.15) is 11.1 Å². The first kappa shape index (κ1) is 18.9. The van der Waals surface area contributed by atoms with Gasteiger partial charge in [0.1, 0.15) is 12.7 Å². The van der Waals surface area contributed by atoms with E-state index in [9.17, 15) is 14.3 Å². The van der Waals surface area contributed by atoms with E-state index in [0.29, 0.717) is 0 Å². The van der Waals surface area contributed by atoms with Gasteiger partial charge in [-0.05, 0) is 43.2 Å². The molecule has 6 heteroatoms. The number of aliphatic hydroxyl groups excluding tert-OH is 1. The van der Waals surface area contributed by atoms with Gasteiger partial charge in [0.05, 0.1) is 6.54 Å². The number of anilines is 1. The monoisotopic (exact) mass is 346 g/mol. The summed E-state index contributed by atoms with van der Waals surface area (Å²) in [6.45, 7) is 4.09. The normalized spacial score (nSPS) is 11.8. The number of carbonyl (C=O) groups excluding carboxylic acids is 1. The number of nitrogens with one attached hydrogen (secondary N) is 2. The molecule has 2 aromatic carbocycles. The quantitative estimate of drug-likeness (QED) is 0.686. The average molecular weight is 346 g/mol. The minimum absolute atomic E-state index is 0.0597. The zero-order valence-electron chi connectivity index (χ0n) is 14.4. The summed E-state index contributed by atoms with van der Waals surface area (Å²) in [6.07, 6.45) is -0.854. The summed E-state index contributed by atoms with van der Waals surface area (Å²) in [5, 5.41) is 15.5. The van der Waals surface area contributed by atoms with Gasteiger partial charge in [-0.25, -0.2) is 4.39 Å². The van der Waals surface area contributed by atoms with Crippen molar-refractivity contribution in [1.82, 2.24) is 5.32 Å². The molecule has 0 spiro atoms. The Kier molecular flexibility index (Phi) is 6.91. The van der Waals surface area contributed by atoms with Gasteiger partial charge in [-0.15, -0.1) is 0 Å². The molecule has 0 aliphatic heterocycles. The van der Waals surface area contributed by atoms with E-state index in [0.717, 1.165) is 16.8 Å². The van der Waals surface area contributed by atoms with Crippen molar-refractivity contribution in [3.05, 3.63) is 59.4 Å². The summed E-state index contributed by atoms with van der Waals surface area (Å²) in [4.78, 5) is 11.9. The summed E-state index contributed by atoms with van der Waals surface area (Å²) in [6, 6.07) is 11.7. The van der Waals surface area contributed by atoms with Crippen molar-refractivity contribution in [2.75, 3.05) is 25.0 Å². The average Bonchev–Trinajstić information content (AvgIpc) is 2.58. The number of rotatable bonds is 8. The van der Waals surface area contributed by atoms with Crippen LogP contribution in [0.25, 0.3) is 0 Å². The maximum atomic E-state index is 13.4. The van der Waals surface area contributed by atoms with Crippen molar-refractivity contribution in [3.8, 4) is 5.75 Å². The minimum atomic E-state index is -0.854. The predicted octanol–water partition coefficient (Wildman–Crippen LogP) is 2.41. The van der Waals surface area contributed by atoms with Gasteiger partial charge in [0.15, 0.2) is 11.6 Å². The van der Waals surface area contributed by atoms with Crippen LogP contribution in [-0.2, 0) is 4.79 Å². The lowest BCUT2D eigenvalue weighted by Gasteiger charge is -2.14. The second-order valence-corrected chi connectivity index (χ2v) is 5.82. The molecule has 3 N–H and O–H groups in total. The van der Waals surface area contributed by atoms with Crippen LogP contribution in [0.2, 0.25) is 0 Å². The molecule has 0 fully saturated rings. The second kappa shape index (κ2) is 9.15. The van der Waals surface area contributed by atoms with Crippen molar-refractivity contribution in [1.29, 1.82) is 0 Å². The third-order valence-corrected chi connectivity index (χ3v) is 3.81. The SMILES string of the molecule is Cc1cccc(NC(=O)CNC[C@H](O)COc2ccccc2F)c1C. The lowest BCUT2D eigenvalue weighted by Crippen LogP contribution is -2.36. The van der Waals surface area contributed by atoms with E-state index in [1.807, 2.05) is 32.0 Å². The molecule has 0 radical (unpaired) electrons. The second-order valence-electron chi connectivity index (χ2n) is 5.82. The molecule has 0 unspecified atom stereocenters. The lowest BCUT2D eigenvalue weighted by atomic mass is 10.1. The molecule has 2 aromatic rings. The van der Waals surface area contributed by atoms with Gasteiger partial charge in [0.25, 0.3) is 0 Å². The zero-order valence-corrected chi connectivity index (χ0v) is 14.4. The third kappa shape index (κ3) is 5.85. The Morgan fingerprint density at radius 1 is 1.20 bits per heavy atom. The Bertz CT molecular complexity index is 722. The van der Waals surface area contributed by atoms with Gasteiger partial charge in [0.2, 0.25) is 5.91 Å². The van der Waals surface area contributed by atoms with Gasteiger partial charge in [-0.1, -0.05) is 24.3 Å². The highest BCUT2D eigenvalue weighted by atomic mass is 19.1. The van der Waals surface area contributed by atoms with E-state index in [-0.39, 0.29) is 31.4 Å². The van der Waals surface area contributed by atoms with Gasteiger partial charge in [-0.2, -0.15) is 0 Å². The maximum Gasteiger partial charge on any atom is 0.238 e. The van der Waals surface area contributed by atoms with Crippen LogP contribution < -0.4 is 15.4 Å². The molecule has 2 rings (SSSR count). The van der Waals surface area contributed by atoms with Crippen molar-refractivity contribution in [2.24, 2.45) is 0 Å². The van der Waals surface area contributed by atoms with Crippen molar-refractivity contribution in [3.63, 3.8) is 0 Å². The lowest BCUT2D eigenvalue weighted by molar-refractivity contribution is -0.115. The summed E-state index contributed by atoms with van der Waals surface area (Å²) >= 11 is 0. The number of hydrogen-bond donors (Lipinski definition) is 3. The highest BCUT2D eigenvalue weighted by Gasteiger charge is 2.10. The van der Waals surface area contributed by atoms with E-state index in [1.165, 1.54) is 12.1 Å². The molecule has 1 amide bonds. The predicted molar refractivity (Wildman–Crippen MR) is 95.3 cm³/mol. The van der Waals surface area contributed by atoms with Gasteiger partial charge < -0.3 is 20.5 Å². The largest absolute Gasteiger partial charge is 0.488 e. The minimum Gasteiger partial charge on any atom is -0.488 e. The van der Waals surface area contributed by atoms with Crippen molar-refractivity contribution >= 4 is 11.6 Å². The molecule has 0 saturated carbocycles. The number of carbonyl (C=O) groups is 1. The highest BCUT2D eigenvalue weighted by molar-refractivity contribution is 5.93. The highest BCUT2D eigenvalue weighted by Crippen LogP contribution is 2.17. The number of para-hydroxylation sites is 1. The molecule has 5 nitrogen and oxygen atoms in total. The first-order chi connectivity index (χ1) is 12.0. The smallest absolute Gasteiger partial charge is 0.238 e. The molecule has 0 aromatic heterocycles. The van der Waals surface area contributed by atoms with Gasteiger partial charge >= 0.3 is 0 Å². The van der Waals surface area contributed by atoms with Crippen LogP contribution in [0.15, 0.2) is 42.5 Å². The van der Waals surface area contributed by atoms with Crippen molar-refractivity contribution in [2.45, 2.75) is 20.0 Å². The topological polar surface area (TPSA) is 70.6 Å². The number of ether oxygens (including phenoxy) is 1. The van der Waals surface area contributed by atoms with E-state index in [2.05, 4.69) is 10.6 Å². The first-order valence-electron chi connectivity index (χ1n) is 8.09. The van der Waals surface area contributed by atoms with E-state index >= 15 is 0 Å². The fourth-order valence-corrected chi connectivity index (χ4v) is 2.24. The third-order valence-electron chi connectivity index (χ3n) is 3.81. The number of aryl methyl sites for hydroxylation is 1. The Morgan fingerprint density at radius 3 is 2.72 bits per heavy atom. The van der Waals surface area contributed by atoms with Crippen LogP contribution in [0, 0.1) is 19.7 Å². The molecule has 0 aliphatic rings. The number of amides is 1. The van der Waals surface area contributed by atoms with Crippen LogP contribution in [0.3, 0.4) is 0 Å². The fourth-order valence-electron chi connectivity index (χ4n) is 2.24. The van der Waals surface area contributed by atoms with Crippen LogP contribution in [0.4, 0.5) is 10.1 Å². The Morgan fingerprint density at radius 2 is 1.96 bits per heavy atom. The van der Waals surface area contributed by atoms with Crippen LogP contribution >= 0.6 is 0 Å². The number of hydrogen-bond acceptors (Lipinski definition) is 4. The van der Waals surface area contributed by atoms with Gasteiger partial charge in [-0.3, -0.25) is 4.79 Å². The zero-order chi connectivity index (χ0) is 18.2. The van der Waals surface area contributed by atoms with Crippen LogP contribution in [0.5, 0.6) is 5.75 Å². The van der Waals surface area contributed by atoms with E-state index in [4.69, 9.17) is 4.74 Å². The summed E-state index contributed by atoms with van der Waals surface area (Å²) in [5.41, 5.74) is 2.90. The molecular weight excluding hydrogens is 323 g/mol. The maximum absolute atomic E-state index is 13.4. The fraction of sp³-hybridized carbons (Fsp3) is 0.316. The molecule has 134 valence electrons. The van der Waals surface area contributed by atoms with E-state index < -0.39 is 11.9 Å². The molecule has 0 bridgehead atoms. The van der Waals surface area contributed by atoms with Crippen LogP contribution in [-0.4, -0.2) is 36.8 Å². The molecule has 1 atom stereocenters. The standard InChI is InChI=1S/C19H23FN2O3/c1-13-6-5-8-17(14(13)2)22-19(24)11-21-10-15(23)12-25-18-9-4-3-7-16(18)20/h3-9,15,21,23H,10-12H2,1-2H3,(H,22,24)/t15-/m0/s1. The molecule has 25 heavy (non-hydrogen) atoms. The molecule has 0 heterocycles. The summed E-state index contributed by atoms with van der Waals surface area (Å²) < 4.78 is 18.6. The van der Waals surface area contributed by atoms with Gasteiger partial charge in [0, 0.05) is 12.2 Å². The number of aliphatic hydroxyl groups is 1. The number of benzene rings is 2. The first-order valence-corrected chi connectivity index (χ1v) is 8.09. The summed E-state index contributed by atoms with van der Waals surface area (Å²) in [7, 11) is 0. The molecule has 0 aliphatic carbocycles. The molecular formula is C19H23FN2O3. The Labute approximate surface area is 146 Å². The Balaban J connectivity index is 1.70. The van der Waals surface area contributed by atoms with Crippen molar-refractivity contribution < 1.29 is 19.0 Å². The summed E-state index contributed by atoms with van der Waals surface area (Å²) in [5.74, 6) is -0.583. The Hall–Kier alpha value is -2.44. The number of halogens is 1.